The molecule has 2 aromatic carbocycles. The van der Waals surface area contributed by atoms with Gasteiger partial charge in [0.1, 0.15) is 6.42 Å². The van der Waals surface area contributed by atoms with E-state index in [1.165, 1.54) is 0 Å². The zero-order chi connectivity index (χ0) is 16.2. The Morgan fingerprint density at radius 3 is 1.48 bits per heavy atom. The number of rotatable bonds is 2. The molecule has 0 aliphatic carbocycles. The van der Waals surface area contributed by atoms with Gasteiger partial charge in [0.05, 0.1) is 0 Å². The topological polar surface area (TPSA) is 36.9 Å². The van der Waals surface area contributed by atoms with Crippen molar-refractivity contribution in [2.45, 2.75) is 45.7 Å². The minimum absolute atomic E-state index is 0.446. The Bertz CT molecular complexity index is 719. The Labute approximate surface area is 135 Å². The fraction of sp³-hybridized carbons (Fsp3) is 0.368. The van der Waals surface area contributed by atoms with Gasteiger partial charge in [-0.25, -0.2) is 0 Å². The van der Waals surface area contributed by atoms with Crippen LogP contribution < -0.4 is 18.9 Å². The van der Waals surface area contributed by atoms with Gasteiger partial charge >= 0.3 is 0 Å². The average molecular weight is 312 g/mol. The number of aryl methyl sites for hydroxylation is 2. The average Bonchev–Trinajstić information content (AvgIpc) is 2.92. The Morgan fingerprint density at radius 2 is 1.04 bits per heavy atom. The van der Waals surface area contributed by atoms with Crippen LogP contribution in [-0.2, 0) is 0 Å². The van der Waals surface area contributed by atoms with E-state index in [9.17, 15) is 0 Å². The number of fused-ring (bicyclic) bond motifs is 2. The van der Waals surface area contributed by atoms with Gasteiger partial charge in [-0.3, -0.25) is 0 Å². The summed E-state index contributed by atoms with van der Waals surface area (Å²) < 4.78 is 24.1. The number of ether oxygens (including phenoxy) is 4. The molecule has 2 atom stereocenters. The van der Waals surface area contributed by atoms with Crippen molar-refractivity contribution in [1.29, 1.82) is 0 Å². The molecule has 0 saturated heterocycles. The van der Waals surface area contributed by atoms with Crippen molar-refractivity contribution in [1.82, 2.24) is 0 Å². The van der Waals surface area contributed by atoms with E-state index < -0.39 is 11.6 Å². The van der Waals surface area contributed by atoms with Crippen LogP contribution in [0.4, 0.5) is 0 Å². The van der Waals surface area contributed by atoms with Crippen LogP contribution in [0, 0.1) is 13.8 Å². The molecule has 0 radical (unpaired) electrons. The SMILES string of the molecule is Cc1ccc2c(c1)OC(C)(CC1(C)Oc3ccc(C)cc3O1)O2. The number of benzene rings is 2. The van der Waals surface area contributed by atoms with E-state index >= 15 is 0 Å². The van der Waals surface area contributed by atoms with Crippen LogP contribution in [0.5, 0.6) is 23.0 Å². The van der Waals surface area contributed by atoms with Crippen LogP contribution in [0.2, 0.25) is 0 Å². The summed E-state index contributed by atoms with van der Waals surface area (Å²) in [4.78, 5) is 0. The van der Waals surface area contributed by atoms with Crippen molar-refractivity contribution in [3.8, 4) is 23.0 Å². The third-order valence-corrected chi connectivity index (χ3v) is 4.14. The molecule has 0 saturated carbocycles. The van der Waals surface area contributed by atoms with Crippen LogP contribution in [0.1, 0.15) is 31.4 Å². The molecule has 0 spiro atoms. The normalized spacial score (nSPS) is 27.3. The molecule has 23 heavy (non-hydrogen) atoms. The van der Waals surface area contributed by atoms with E-state index in [-0.39, 0.29) is 0 Å². The Kier molecular flexibility index (Phi) is 2.83. The molecule has 4 rings (SSSR count). The Balaban J connectivity index is 1.55. The molecule has 0 N–H and O–H groups in total. The highest BCUT2D eigenvalue weighted by Crippen LogP contribution is 2.47. The molecule has 4 heteroatoms. The summed E-state index contributed by atoms with van der Waals surface area (Å²) in [5.41, 5.74) is 2.28. The molecular weight excluding hydrogens is 292 g/mol. The number of hydrogen-bond donors (Lipinski definition) is 0. The zero-order valence-electron chi connectivity index (χ0n) is 13.8. The summed E-state index contributed by atoms with van der Waals surface area (Å²) >= 11 is 0. The van der Waals surface area contributed by atoms with Gasteiger partial charge in [0.2, 0.25) is 0 Å². The maximum absolute atomic E-state index is 6.04. The van der Waals surface area contributed by atoms with E-state index in [2.05, 4.69) is 0 Å². The molecule has 0 aromatic heterocycles. The number of hydrogen-bond acceptors (Lipinski definition) is 4. The lowest BCUT2D eigenvalue weighted by atomic mass is 10.1. The van der Waals surface area contributed by atoms with Gasteiger partial charge in [-0.05, 0) is 49.2 Å². The van der Waals surface area contributed by atoms with E-state index in [1.54, 1.807) is 0 Å². The largest absolute Gasteiger partial charge is 0.448 e. The van der Waals surface area contributed by atoms with Crippen LogP contribution >= 0.6 is 0 Å². The second-order valence-corrected chi connectivity index (χ2v) is 6.75. The van der Waals surface area contributed by atoms with Gasteiger partial charge in [-0.1, -0.05) is 12.1 Å². The van der Waals surface area contributed by atoms with Gasteiger partial charge < -0.3 is 18.9 Å². The van der Waals surface area contributed by atoms with Crippen LogP contribution in [0.15, 0.2) is 36.4 Å². The third kappa shape index (κ3) is 2.48. The van der Waals surface area contributed by atoms with Gasteiger partial charge in [-0.2, -0.15) is 0 Å². The Hall–Kier alpha value is -2.36. The molecule has 120 valence electrons. The zero-order valence-corrected chi connectivity index (χ0v) is 13.8. The first-order chi connectivity index (χ1) is 10.8. The molecular formula is C19H20O4. The molecule has 2 aliphatic rings. The standard InChI is InChI=1S/C19H20O4/c1-12-5-7-14-16(9-12)22-18(3,20-14)11-19(4)21-15-8-6-13(2)10-17(15)23-19/h5-10H,11H2,1-4H3. The molecule has 2 aliphatic heterocycles. The van der Waals surface area contributed by atoms with Crippen molar-refractivity contribution in [3.63, 3.8) is 0 Å². The highest BCUT2D eigenvalue weighted by Gasteiger charge is 2.49. The second kappa shape index (κ2) is 4.57. The minimum Gasteiger partial charge on any atom is -0.448 e. The summed E-state index contributed by atoms with van der Waals surface area (Å²) in [6.45, 7) is 7.88. The first-order valence-corrected chi connectivity index (χ1v) is 7.82. The van der Waals surface area contributed by atoms with Crippen LogP contribution in [0.25, 0.3) is 0 Å². The fourth-order valence-electron chi connectivity index (χ4n) is 3.26. The molecule has 4 nitrogen and oxygen atoms in total. The lowest BCUT2D eigenvalue weighted by molar-refractivity contribution is -0.162. The molecule has 0 fully saturated rings. The molecule has 2 unspecified atom stereocenters. The maximum Gasteiger partial charge on any atom is 0.256 e. The van der Waals surface area contributed by atoms with Crippen LogP contribution in [0.3, 0.4) is 0 Å². The summed E-state index contributed by atoms with van der Waals surface area (Å²) in [7, 11) is 0. The monoisotopic (exact) mass is 312 g/mol. The maximum atomic E-state index is 6.04. The lowest BCUT2D eigenvalue weighted by Gasteiger charge is -2.31. The van der Waals surface area contributed by atoms with Crippen molar-refractivity contribution in [2.24, 2.45) is 0 Å². The highest BCUT2D eigenvalue weighted by atomic mass is 16.8. The van der Waals surface area contributed by atoms with E-state index in [1.807, 2.05) is 64.1 Å². The molecule has 0 amide bonds. The first kappa shape index (κ1) is 14.2. The minimum atomic E-state index is -0.817. The Morgan fingerprint density at radius 1 is 0.652 bits per heavy atom. The quantitative estimate of drug-likeness (QED) is 0.825. The van der Waals surface area contributed by atoms with Gasteiger partial charge in [0.15, 0.2) is 23.0 Å². The summed E-state index contributed by atoms with van der Waals surface area (Å²) in [6, 6.07) is 11.9. The van der Waals surface area contributed by atoms with Crippen molar-refractivity contribution in [2.75, 3.05) is 0 Å². The lowest BCUT2D eigenvalue weighted by Crippen LogP contribution is -2.47. The summed E-state index contributed by atoms with van der Waals surface area (Å²) in [5, 5.41) is 0. The first-order valence-electron chi connectivity index (χ1n) is 7.82. The van der Waals surface area contributed by atoms with Gasteiger partial charge in [-0.15, -0.1) is 0 Å². The van der Waals surface area contributed by atoms with Gasteiger partial charge in [0, 0.05) is 13.8 Å². The molecule has 0 bridgehead atoms. The van der Waals surface area contributed by atoms with Crippen molar-refractivity contribution in [3.05, 3.63) is 47.5 Å². The van der Waals surface area contributed by atoms with E-state index in [4.69, 9.17) is 18.9 Å². The van der Waals surface area contributed by atoms with Crippen molar-refractivity contribution < 1.29 is 18.9 Å². The van der Waals surface area contributed by atoms with Crippen LogP contribution in [-0.4, -0.2) is 11.6 Å². The third-order valence-electron chi connectivity index (χ3n) is 4.14. The second-order valence-electron chi connectivity index (χ2n) is 6.75. The smallest absolute Gasteiger partial charge is 0.256 e. The highest BCUT2D eigenvalue weighted by molar-refractivity contribution is 5.47. The van der Waals surface area contributed by atoms with E-state index in [0.717, 1.165) is 34.1 Å². The summed E-state index contributed by atoms with van der Waals surface area (Å²) in [5.74, 6) is 1.41. The van der Waals surface area contributed by atoms with E-state index in [0.29, 0.717) is 6.42 Å². The van der Waals surface area contributed by atoms with Gasteiger partial charge in [0.25, 0.3) is 11.6 Å². The fourth-order valence-corrected chi connectivity index (χ4v) is 3.26. The molecule has 2 heterocycles. The predicted molar refractivity (Wildman–Crippen MR) is 86.3 cm³/mol. The van der Waals surface area contributed by atoms with Crippen molar-refractivity contribution >= 4 is 0 Å². The summed E-state index contributed by atoms with van der Waals surface area (Å²) in [6.07, 6.45) is 0.446. The molecule has 2 aromatic rings. The predicted octanol–water partition coefficient (Wildman–Crippen LogP) is 4.37.